The minimum absolute atomic E-state index is 0.0979. The number of hydrogen-bond acceptors (Lipinski definition) is 5. The van der Waals surface area contributed by atoms with Crippen molar-refractivity contribution in [2.24, 2.45) is 5.73 Å². The Morgan fingerprint density at radius 2 is 2.00 bits per heavy atom. The van der Waals surface area contributed by atoms with E-state index in [4.69, 9.17) is 10.8 Å². The average Bonchev–Trinajstić information content (AvgIpc) is 3.07. The van der Waals surface area contributed by atoms with Gasteiger partial charge in [-0.15, -0.1) is 10.2 Å². The van der Waals surface area contributed by atoms with Crippen LogP contribution in [0.5, 0.6) is 0 Å². The van der Waals surface area contributed by atoms with E-state index in [0.29, 0.717) is 6.54 Å². The monoisotopic (exact) mass is 287 g/mol. The molecular formula is C14H17N5S. The number of aromatic nitrogens is 4. The first kappa shape index (κ1) is 13.2. The van der Waals surface area contributed by atoms with Crippen LogP contribution in [-0.2, 0) is 5.41 Å². The Kier molecular flexibility index (Phi) is 3.27. The van der Waals surface area contributed by atoms with Crippen LogP contribution < -0.4 is 5.73 Å². The van der Waals surface area contributed by atoms with E-state index in [1.54, 1.807) is 11.3 Å². The van der Waals surface area contributed by atoms with E-state index in [-0.39, 0.29) is 5.41 Å². The predicted molar refractivity (Wildman–Crippen MR) is 80.8 cm³/mol. The van der Waals surface area contributed by atoms with Crippen molar-refractivity contribution in [2.45, 2.75) is 25.7 Å². The summed E-state index contributed by atoms with van der Waals surface area (Å²) in [7, 11) is 0. The van der Waals surface area contributed by atoms with Gasteiger partial charge in [0.05, 0.1) is 0 Å². The summed E-state index contributed by atoms with van der Waals surface area (Å²) < 4.78 is 1.82. The fourth-order valence-corrected chi connectivity index (χ4v) is 3.08. The minimum Gasteiger partial charge on any atom is -0.330 e. The number of benzene rings is 1. The SMILES string of the molecule is CCC(C)(CN)c1nn2c(-c3ccccc3)nnc2s1. The summed E-state index contributed by atoms with van der Waals surface area (Å²) in [4.78, 5) is 0.812. The topological polar surface area (TPSA) is 69.1 Å². The summed E-state index contributed by atoms with van der Waals surface area (Å²) >= 11 is 1.57. The molecular weight excluding hydrogens is 270 g/mol. The summed E-state index contributed by atoms with van der Waals surface area (Å²) in [6.45, 7) is 4.85. The van der Waals surface area contributed by atoms with Crippen LogP contribution >= 0.6 is 11.3 Å². The van der Waals surface area contributed by atoms with Gasteiger partial charge >= 0.3 is 0 Å². The highest BCUT2D eigenvalue weighted by Crippen LogP contribution is 2.31. The van der Waals surface area contributed by atoms with Gasteiger partial charge in [-0.2, -0.15) is 9.61 Å². The van der Waals surface area contributed by atoms with Crippen molar-refractivity contribution in [1.29, 1.82) is 0 Å². The third kappa shape index (κ3) is 2.01. The van der Waals surface area contributed by atoms with Gasteiger partial charge in [0, 0.05) is 17.5 Å². The summed E-state index contributed by atoms with van der Waals surface area (Å²) in [6.07, 6.45) is 0.953. The normalized spacial score (nSPS) is 14.6. The maximum atomic E-state index is 5.91. The van der Waals surface area contributed by atoms with Crippen molar-refractivity contribution < 1.29 is 0 Å². The molecule has 0 aliphatic heterocycles. The van der Waals surface area contributed by atoms with Crippen LogP contribution in [0.1, 0.15) is 25.3 Å². The lowest BCUT2D eigenvalue weighted by Gasteiger charge is -2.22. The lowest BCUT2D eigenvalue weighted by Crippen LogP contribution is -2.31. The summed E-state index contributed by atoms with van der Waals surface area (Å²) in [5, 5.41) is 14.2. The molecule has 0 aliphatic carbocycles. The first-order valence-corrected chi connectivity index (χ1v) is 7.48. The van der Waals surface area contributed by atoms with Crippen LogP contribution in [0.25, 0.3) is 16.3 Å². The van der Waals surface area contributed by atoms with Gasteiger partial charge in [-0.3, -0.25) is 0 Å². The average molecular weight is 287 g/mol. The fourth-order valence-electron chi connectivity index (χ4n) is 2.01. The number of rotatable bonds is 4. The zero-order chi connectivity index (χ0) is 14.2. The molecule has 1 unspecified atom stereocenters. The van der Waals surface area contributed by atoms with E-state index in [9.17, 15) is 0 Å². The molecule has 104 valence electrons. The lowest BCUT2D eigenvalue weighted by molar-refractivity contribution is 0.459. The molecule has 0 saturated heterocycles. The molecule has 0 amide bonds. The predicted octanol–water partition coefficient (Wildman–Crippen LogP) is 2.48. The first-order chi connectivity index (χ1) is 9.68. The maximum absolute atomic E-state index is 5.91. The molecule has 0 spiro atoms. The number of hydrogen-bond donors (Lipinski definition) is 1. The van der Waals surface area contributed by atoms with Crippen molar-refractivity contribution in [3.63, 3.8) is 0 Å². The lowest BCUT2D eigenvalue weighted by atomic mass is 9.89. The van der Waals surface area contributed by atoms with Crippen LogP contribution in [0.4, 0.5) is 0 Å². The van der Waals surface area contributed by atoms with Gasteiger partial charge in [-0.25, -0.2) is 0 Å². The Morgan fingerprint density at radius 1 is 1.25 bits per heavy atom. The smallest absolute Gasteiger partial charge is 0.234 e. The van der Waals surface area contributed by atoms with Gasteiger partial charge in [0.2, 0.25) is 4.96 Å². The Balaban J connectivity index is 2.12. The van der Waals surface area contributed by atoms with Crippen LogP contribution in [-0.4, -0.2) is 26.4 Å². The van der Waals surface area contributed by atoms with E-state index in [1.165, 1.54) is 0 Å². The molecule has 0 saturated carbocycles. The van der Waals surface area contributed by atoms with E-state index >= 15 is 0 Å². The number of nitrogens with zero attached hydrogens (tertiary/aromatic N) is 4. The minimum atomic E-state index is -0.0979. The molecule has 0 bridgehead atoms. The van der Waals surface area contributed by atoms with Crippen LogP contribution in [0.2, 0.25) is 0 Å². The van der Waals surface area contributed by atoms with Gasteiger partial charge in [0.25, 0.3) is 0 Å². The molecule has 0 radical (unpaired) electrons. The Hall–Kier alpha value is -1.79. The molecule has 0 fully saturated rings. The van der Waals surface area contributed by atoms with Crippen molar-refractivity contribution in [3.8, 4) is 11.4 Å². The summed E-state index contributed by atoms with van der Waals surface area (Å²) in [5.74, 6) is 0.776. The summed E-state index contributed by atoms with van der Waals surface area (Å²) in [5.41, 5.74) is 6.83. The molecule has 3 aromatic rings. The molecule has 5 nitrogen and oxygen atoms in total. The van der Waals surface area contributed by atoms with E-state index in [1.807, 2.05) is 34.8 Å². The van der Waals surface area contributed by atoms with Gasteiger partial charge in [-0.05, 0) is 6.42 Å². The molecule has 2 heterocycles. The third-order valence-electron chi connectivity index (χ3n) is 3.77. The van der Waals surface area contributed by atoms with Crippen LogP contribution in [0, 0.1) is 0 Å². The van der Waals surface area contributed by atoms with Gasteiger partial charge in [0.15, 0.2) is 5.82 Å². The highest BCUT2D eigenvalue weighted by Gasteiger charge is 2.28. The Morgan fingerprint density at radius 3 is 2.65 bits per heavy atom. The molecule has 20 heavy (non-hydrogen) atoms. The van der Waals surface area contributed by atoms with Gasteiger partial charge < -0.3 is 5.73 Å². The van der Waals surface area contributed by atoms with E-state index < -0.39 is 0 Å². The highest BCUT2D eigenvalue weighted by atomic mass is 32.1. The van der Waals surface area contributed by atoms with Gasteiger partial charge in [-0.1, -0.05) is 55.5 Å². The molecule has 6 heteroatoms. The van der Waals surface area contributed by atoms with Crippen molar-refractivity contribution in [3.05, 3.63) is 35.3 Å². The van der Waals surface area contributed by atoms with Gasteiger partial charge in [0.1, 0.15) is 5.01 Å². The molecule has 0 aliphatic rings. The van der Waals surface area contributed by atoms with Crippen LogP contribution in [0.3, 0.4) is 0 Å². The van der Waals surface area contributed by atoms with Crippen molar-refractivity contribution >= 4 is 16.3 Å². The first-order valence-electron chi connectivity index (χ1n) is 6.66. The fraction of sp³-hybridized carbons (Fsp3) is 0.357. The maximum Gasteiger partial charge on any atom is 0.234 e. The molecule has 1 atom stereocenters. The van der Waals surface area contributed by atoms with E-state index in [2.05, 4.69) is 24.0 Å². The second-order valence-electron chi connectivity index (χ2n) is 5.11. The standard InChI is InChI=1S/C14H17N5S/c1-3-14(2,9-15)12-18-19-11(16-17-13(19)20-12)10-7-5-4-6-8-10/h4-8H,3,9,15H2,1-2H3. The molecule has 2 aromatic heterocycles. The van der Waals surface area contributed by atoms with E-state index in [0.717, 1.165) is 27.8 Å². The second kappa shape index (κ2) is 4.96. The third-order valence-corrected chi connectivity index (χ3v) is 4.97. The highest BCUT2D eigenvalue weighted by molar-refractivity contribution is 7.16. The largest absolute Gasteiger partial charge is 0.330 e. The Labute approximate surface area is 121 Å². The molecule has 3 rings (SSSR count). The molecule has 2 N–H and O–H groups in total. The van der Waals surface area contributed by atoms with Crippen molar-refractivity contribution in [2.75, 3.05) is 6.54 Å². The zero-order valence-electron chi connectivity index (χ0n) is 11.6. The number of nitrogens with two attached hydrogens (primary N) is 1. The van der Waals surface area contributed by atoms with Crippen LogP contribution in [0.15, 0.2) is 30.3 Å². The second-order valence-corrected chi connectivity index (χ2v) is 6.07. The Bertz CT molecular complexity index is 712. The summed E-state index contributed by atoms with van der Waals surface area (Å²) in [6, 6.07) is 9.98. The molecule has 1 aromatic carbocycles. The quantitative estimate of drug-likeness (QED) is 0.800. The number of fused-ring (bicyclic) bond motifs is 1. The van der Waals surface area contributed by atoms with Crippen molar-refractivity contribution in [1.82, 2.24) is 19.8 Å². The zero-order valence-corrected chi connectivity index (χ0v) is 12.4.